The van der Waals surface area contributed by atoms with E-state index in [1.807, 2.05) is 0 Å². The normalized spacial score (nSPS) is 29.3. The summed E-state index contributed by atoms with van der Waals surface area (Å²) in [6.07, 6.45) is 2.44. The third-order valence-electron chi connectivity index (χ3n) is 5.07. The zero-order valence-electron chi connectivity index (χ0n) is 13.5. The van der Waals surface area contributed by atoms with Crippen molar-refractivity contribution in [1.82, 2.24) is 10.2 Å². The molecular weight excluding hydrogens is 244 g/mol. The molecular formula is C18H30N2. The molecule has 1 heterocycles. The third kappa shape index (κ3) is 3.62. The van der Waals surface area contributed by atoms with Gasteiger partial charge in [0.2, 0.25) is 0 Å². The van der Waals surface area contributed by atoms with Crippen LogP contribution >= 0.6 is 0 Å². The van der Waals surface area contributed by atoms with E-state index in [0.717, 1.165) is 25.6 Å². The Kier molecular flexibility index (Phi) is 5.22. The van der Waals surface area contributed by atoms with Crippen LogP contribution in [0.15, 0.2) is 30.3 Å². The van der Waals surface area contributed by atoms with E-state index >= 15 is 0 Å². The van der Waals surface area contributed by atoms with Crippen molar-refractivity contribution in [2.75, 3.05) is 13.1 Å². The Labute approximate surface area is 124 Å². The van der Waals surface area contributed by atoms with E-state index in [4.69, 9.17) is 0 Å². The summed E-state index contributed by atoms with van der Waals surface area (Å²) in [4.78, 5) is 2.70. The molecule has 1 aromatic carbocycles. The average Bonchev–Trinajstić information content (AvgIpc) is 2.48. The quantitative estimate of drug-likeness (QED) is 0.881. The van der Waals surface area contributed by atoms with Crippen LogP contribution in [0.25, 0.3) is 0 Å². The Balaban J connectivity index is 2.13. The highest BCUT2D eigenvalue weighted by Crippen LogP contribution is 2.25. The molecule has 20 heavy (non-hydrogen) atoms. The zero-order chi connectivity index (χ0) is 14.6. The summed E-state index contributed by atoms with van der Waals surface area (Å²) >= 11 is 0. The van der Waals surface area contributed by atoms with Crippen LogP contribution in [0.5, 0.6) is 0 Å². The lowest BCUT2D eigenvalue weighted by Gasteiger charge is -2.48. The second kappa shape index (κ2) is 6.73. The Morgan fingerprint density at radius 1 is 1.30 bits per heavy atom. The minimum Gasteiger partial charge on any atom is -0.309 e. The summed E-state index contributed by atoms with van der Waals surface area (Å²) in [7, 11) is 0. The van der Waals surface area contributed by atoms with Crippen LogP contribution in [0.1, 0.15) is 46.1 Å². The van der Waals surface area contributed by atoms with Gasteiger partial charge in [-0.3, -0.25) is 4.90 Å². The summed E-state index contributed by atoms with van der Waals surface area (Å²) in [5.74, 6) is 0.743. The number of hydrogen-bond donors (Lipinski definition) is 1. The van der Waals surface area contributed by atoms with Crippen LogP contribution < -0.4 is 5.32 Å². The molecule has 2 rings (SSSR count). The molecule has 0 radical (unpaired) electrons. The molecule has 3 atom stereocenters. The highest BCUT2D eigenvalue weighted by atomic mass is 15.3. The zero-order valence-corrected chi connectivity index (χ0v) is 13.5. The van der Waals surface area contributed by atoms with Crippen molar-refractivity contribution in [3.63, 3.8) is 0 Å². The summed E-state index contributed by atoms with van der Waals surface area (Å²) in [5, 5.41) is 3.78. The fraction of sp³-hybridized carbons (Fsp3) is 0.667. The largest absolute Gasteiger partial charge is 0.309 e. The van der Waals surface area contributed by atoms with Gasteiger partial charge in [0, 0.05) is 31.2 Å². The van der Waals surface area contributed by atoms with Crippen LogP contribution in [-0.2, 0) is 6.54 Å². The summed E-state index contributed by atoms with van der Waals surface area (Å²) in [6, 6.07) is 11.5. The van der Waals surface area contributed by atoms with Gasteiger partial charge >= 0.3 is 0 Å². The molecule has 0 aliphatic carbocycles. The van der Waals surface area contributed by atoms with Crippen molar-refractivity contribution >= 4 is 0 Å². The maximum atomic E-state index is 3.78. The molecule has 0 bridgehead atoms. The molecule has 0 aromatic heterocycles. The van der Waals surface area contributed by atoms with Gasteiger partial charge < -0.3 is 5.32 Å². The minimum absolute atomic E-state index is 0.263. The second-order valence-electron chi connectivity index (χ2n) is 6.64. The lowest BCUT2D eigenvalue weighted by atomic mass is 9.88. The first-order valence-electron chi connectivity index (χ1n) is 8.11. The first-order valence-corrected chi connectivity index (χ1v) is 8.11. The fourth-order valence-corrected chi connectivity index (χ4v) is 3.16. The smallest absolute Gasteiger partial charge is 0.0278 e. The molecule has 2 heteroatoms. The molecule has 1 aliphatic rings. The topological polar surface area (TPSA) is 15.3 Å². The minimum atomic E-state index is 0.263. The number of rotatable bonds is 5. The van der Waals surface area contributed by atoms with Crippen molar-refractivity contribution in [3.8, 4) is 0 Å². The van der Waals surface area contributed by atoms with Gasteiger partial charge in [-0.1, -0.05) is 57.5 Å². The SMILES string of the molecule is CCC(C)C1CNC(C)(CC)CN1Cc1ccccc1. The molecule has 2 nitrogen and oxygen atoms in total. The van der Waals surface area contributed by atoms with E-state index in [2.05, 4.69) is 68.2 Å². The molecule has 0 spiro atoms. The number of benzene rings is 1. The van der Waals surface area contributed by atoms with Crippen LogP contribution in [0, 0.1) is 5.92 Å². The number of hydrogen-bond acceptors (Lipinski definition) is 2. The van der Waals surface area contributed by atoms with Gasteiger partial charge in [0.25, 0.3) is 0 Å². The van der Waals surface area contributed by atoms with Crippen molar-refractivity contribution in [1.29, 1.82) is 0 Å². The van der Waals surface area contributed by atoms with Gasteiger partial charge in [-0.05, 0) is 24.8 Å². The summed E-state index contributed by atoms with van der Waals surface area (Å²) in [6.45, 7) is 12.7. The van der Waals surface area contributed by atoms with Crippen LogP contribution in [0.3, 0.4) is 0 Å². The van der Waals surface area contributed by atoms with E-state index in [9.17, 15) is 0 Å². The van der Waals surface area contributed by atoms with Gasteiger partial charge in [0.05, 0.1) is 0 Å². The van der Waals surface area contributed by atoms with Gasteiger partial charge in [-0.2, -0.15) is 0 Å². The van der Waals surface area contributed by atoms with Crippen molar-refractivity contribution in [2.24, 2.45) is 5.92 Å². The molecule has 1 fully saturated rings. The third-order valence-corrected chi connectivity index (χ3v) is 5.07. The first-order chi connectivity index (χ1) is 9.58. The van der Waals surface area contributed by atoms with Gasteiger partial charge in [-0.15, -0.1) is 0 Å². The maximum absolute atomic E-state index is 3.78. The summed E-state index contributed by atoms with van der Waals surface area (Å²) in [5.41, 5.74) is 1.69. The van der Waals surface area contributed by atoms with Gasteiger partial charge in [0.1, 0.15) is 0 Å². The second-order valence-corrected chi connectivity index (χ2v) is 6.64. The van der Waals surface area contributed by atoms with Crippen LogP contribution in [-0.4, -0.2) is 29.6 Å². The standard InChI is InChI=1S/C18H30N2/c1-5-15(3)17-12-19-18(4,6-2)14-20(17)13-16-10-8-7-9-11-16/h7-11,15,17,19H,5-6,12-14H2,1-4H3. The van der Waals surface area contributed by atoms with Gasteiger partial charge in [-0.25, -0.2) is 0 Å². The predicted octanol–water partition coefficient (Wildman–Crippen LogP) is 3.68. The first kappa shape index (κ1) is 15.5. The van der Waals surface area contributed by atoms with E-state index in [1.165, 1.54) is 18.4 Å². The average molecular weight is 274 g/mol. The molecule has 1 N–H and O–H groups in total. The predicted molar refractivity (Wildman–Crippen MR) is 86.8 cm³/mol. The Bertz CT molecular complexity index is 403. The Hall–Kier alpha value is -0.860. The molecule has 1 aliphatic heterocycles. The number of nitrogens with zero attached hydrogens (tertiary/aromatic N) is 1. The van der Waals surface area contributed by atoms with Crippen molar-refractivity contribution in [2.45, 2.75) is 58.7 Å². The molecule has 1 saturated heterocycles. The fourth-order valence-electron chi connectivity index (χ4n) is 3.16. The van der Waals surface area contributed by atoms with Crippen molar-refractivity contribution < 1.29 is 0 Å². The molecule has 1 aromatic rings. The Morgan fingerprint density at radius 3 is 2.60 bits per heavy atom. The van der Waals surface area contributed by atoms with E-state index < -0.39 is 0 Å². The lowest BCUT2D eigenvalue weighted by molar-refractivity contribution is 0.0487. The highest BCUT2D eigenvalue weighted by molar-refractivity contribution is 5.15. The van der Waals surface area contributed by atoms with E-state index in [-0.39, 0.29) is 5.54 Å². The van der Waals surface area contributed by atoms with Crippen LogP contribution in [0.2, 0.25) is 0 Å². The number of piperazine rings is 1. The summed E-state index contributed by atoms with van der Waals surface area (Å²) < 4.78 is 0. The van der Waals surface area contributed by atoms with Crippen molar-refractivity contribution in [3.05, 3.63) is 35.9 Å². The lowest BCUT2D eigenvalue weighted by Crippen LogP contribution is -2.63. The molecule has 112 valence electrons. The van der Waals surface area contributed by atoms with Crippen LogP contribution in [0.4, 0.5) is 0 Å². The molecule has 3 unspecified atom stereocenters. The van der Waals surface area contributed by atoms with E-state index in [1.54, 1.807) is 0 Å². The monoisotopic (exact) mass is 274 g/mol. The van der Waals surface area contributed by atoms with Gasteiger partial charge in [0.15, 0.2) is 0 Å². The Morgan fingerprint density at radius 2 is 2.00 bits per heavy atom. The highest BCUT2D eigenvalue weighted by Gasteiger charge is 2.36. The number of nitrogens with one attached hydrogen (secondary N) is 1. The maximum Gasteiger partial charge on any atom is 0.0278 e. The molecule has 0 amide bonds. The molecule has 0 saturated carbocycles. The van der Waals surface area contributed by atoms with E-state index in [0.29, 0.717) is 6.04 Å².